The fourth-order valence-corrected chi connectivity index (χ4v) is 3.38. The van der Waals surface area contributed by atoms with E-state index < -0.39 is 0 Å². The summed E-state index contributed by atoms with van der Waals surface area (Å²) < 4.78 is 5.42. The second-order valence-electron chi connectivity index (χ2n) is 6.81. The predicted octanol–water partition coefficient (Wildman–Crippen LogP) is 3.42. The van der Waals surface area contributed by atoms with E-state index in [1.807, 2.05) is 42.6 Å². The first kappa shape index (κ1) is 17.3. The molecule has 3 heterocycles. The number of anilines is 1. The molecule has 27 heavy (non-hydrogen) atoms. The number of fused-ring (bicyclic) bond motifs is 1. The van der Waals surface area contributed by atoms with Gasteiger partial charge in [-0.05, 0) is 30.4 Å². The van der Waals surface area contributed by atoms with E-state index >= 15 is 0 Å². The number of hydrogen-bond donors (Lipinski definition) is 2. The highest BCUT2D eigenvalue weighted by atomic mass is 16.6. The van der Waals surface area contributed by atoms with Crippen molar-refractivity contribution >= 4 is 22.9 Å². The molecular weight excluding hydrogens is 342 g/mol. The van der Waals surface area contributed by atoms with Crippen LogP contribution in [0.3, 0.4) is 0 Å². The van der Waals surface area contributed by atoms with Gasteiger partial charge in [-0.25, -0.2) is 14.8 Å². The van der Waals surface area contributed by atoms with Crippen LogP contribution in [0, 0.1) is 5.92 Å². The Hall–Kier alpha value is -3.09. The Kier molecular flexibility index (Phi) is 5.18. The number of amides is 1. The average Bonchev–Trinajstić information content (AvgIpc) is 3.21. The Bertz CT molecular complexity index is 888. The number of nitrogens with zero attached hydrogens (tertiary/aromatic N) is 3. The standard InChI is InChI=1S/C20H23N5O2/c26-20(27-13-16-4-2-1-3-5-16)25-10-7-15(8-11-25)12-22-19-17-6-9-21-18(17)23-14-24-19/h1-6,9,14-15H,7-8,10-13H2,(H2,21,22,23,24). The van der Waals surface area contributed by atoms with Crippen LogP contribution in [-0.4, -0.2) is 45.6 Å². The normalized spacial score (nSPS) is 15.0. The van der Waals surface area contributed by atoms with E-state index in [2.05, 4.69) is 20.3 Å². The lowest BCUT2D eigenvalue weighted by molar-refractivity contribution is 0.0832. The molecule has 1 saturated heterocycles. The predicted molar refractivity (Wildman–Crippen MR) is 103 cm³/mol. The van der Waals surface area contributed by atoms with Crippen LogP contribution in [0.15, 0.2) is 48.9 Å². The van der Waals surface area contributed by atoms with Gasteiger partial charge in [-0.3, -0.25) is 0 Å². The maximum absolute atomic E-state index is 12.2. The van der Waals surface area contributed by atoms with E-state index in [0.29, 0.717) is 12.5 Å². The fraction of sp³-hybridized carbons (Fsp3) is 0.350. The van der Waals surface area contributed by atoms with E-state index in [0.717, 1.165) is 54.9 Å². The molecule has 7 nitrogen and oxygen atoms in total. The summed E-state index contributed by atoms with van der Waals surface area (Å²) in [5.41, 5.74) is 1.84. The lowest BCUT2D eigenvalue weighted by Crippen LogP contribution is -2.40. The molecule has 1 aliphatic heterocycles. The molecule has 0 aliphatic carbocycles. The number of benzene rings is 1. The van der Waals surface area contributed by atoms with Crippen molar-refractivity contribution in [1.82, 2.24) is 19.9 Å². The van der Waals surface area contributed by atoms with Gasteiger partial charge in [0, 0.05) is 25.8 Å². The second-order valence-corrected chi connectivity index (χ2v) is 6.81. The van der Waals surface area contributed by atoms with Crippen molar-refractivity contribution in [2.75, 3.05) is 25.0 Å². The van der Waals surface area contributed by atoms with Crippen LogP contribution < -0.4 is 5.32 Å². The lowest BCUT2D eigenvalue weighted by atomic mass is 9.97. The molecule has 7 heteroatoms. The third-order valence-corrected chi connectivity index (χ3v) is 4.99. The average molecular weight is 365 g/mol. The smallest absolute Gasteiger partial charge is 0.410 e. The zero-order valence-corrected chi connectivity index (χ0v) is 15.1. The molecule has 2 N–H and O–H groups in total. The van der Waals surface area contributed by atoms with Gasteiger partial charge in [0.2, 0.25) is 0 Å². The summed E-state index contributed by atoms with van der Waals surface area (Å²) in [4.78, 5) is 25.7. The van der Waals surface area contributed by atoms with E-state index in [4.69, 9.17) is 4.74 Å². The summed E-state index contributed by atoms with van der Waals surface area (Å²) in [5.74, 6) is 1.36. The number of nitrogens with one attached hydrogen (secondary N) is 2. The van der Waals surface area contributed by atoms with Crippen LogP contribution in [0.4, 0.5) is 10.6 Å². The van der Waals surface area contributed by atoms with Gasteiger partial charge in [-0.15, -0.1) is 0 Å². The number of aromatic nitrogens is 3. The summed E-state index contributed by atoms with van der Waals surface area (Å²) in [7, 11) is 0. The van der Waals surface area contributed by atoms with Crippen LogP contribution in [0.5, 0.6) is 0 Å². The molecule has 140 valence electrons. The summed E-state index contributed by atoms with van der Waals surface area (Å²) in [5, 5.41) is 4.43. The van der Waals surface area contributed by atoms with Gasteiger partial charge in [0.1, 0.15) is 24.4 Å². The van der Waals surface area contributed by atoms with Crippen molar-refractivity contribution in [3.05, 3.63) is 54.5 Å². The summed E-state index contributed by atoms with van der Waals surface area (Å²) in [6.07, 6.45) is 5.11. The molecule has 0 saturated carbocycles. The number of aromatic amines is 1. The van der Waals surface area contributed by atoms with Crippen LogP contribution in [0.25, 0.3) is 11.0 Å². The minimum atomic E-state index is -0.227. The molecule has 1 aliphatic rings. The zero-order chi connectivity index (χ0) is 18.5. The molecule has 4 rings (SSSR count). The van der Waals surface area contributed by atoms with Gasteiger partial charge in [0.15, 0.2) is 0 Å². The van der Waals surface area contributed by atoms with Crippen LogP contribution in [0.1, 0.15) is 18.4 Å². The topological polar surface area (TPSA) is 83.1 Å². The summed E-state index contributed by atoms with van der Waals surface area (Å²) in [6, 6.07) is 11.7. The molecule has 0 unspecified atom stereocenters. The van der Waals surface area contributed by atoms with Crippen molar-refractivity contribution in [3.8, 4) is 0 Å². The first-order valence-electron chi connectivity index (χ1n) is 9.27. The number of piperidine rings is 1. The Labute approximate surface area is 157 Å². The highest BCUT2D eigenvalue weighted by Crippen LogP contribution is 2.21. The van der Waals surface area contributed by atoms with E-state index in [1.165, 1.54) is 0 Å². The number of carbonyl (C=O) groups excluding carboxylic acids is 1. The maximum atomic E-state index is 12.2. The molecule has 0 spiro atoms. The van der Waals surface area contributed by atoms with Crippen LogP contribution >= 0.6 is 0 Å². The summed E-state index contributed by atoms with van der Waals surface area (Å²) in [6.45, 7) is 2.61. The molecule has 1 fully saturated rings. The number of ether oxygens (including phenoxy) is 1. The van der Waals surface area contributed by atoms with Gasteiger partial charge in [0.05, 0.1) is 5.39 Å². The van der Waals surface area contributed by atoms with Crippen molar-refractivity contribution in [2.45, 2.75) is 19.4 Å². The van der Waals surface area contributed by atoms with Gasteiger partial charge in [-0.1, -0.05) is 30.3 Å². The molecule has 2 aromatic heterocycles. The van der Waals surface area contributed by atoms with E-state index in [-0.39, 0.29) is 6.09 Å². The minimum Gasteiger partial charge on any atom is -0.445 e. The largest absolute Gasteiger partial charge is 0.445 e. The Morgan fingerprint density at radius 2 is 2.00 bits per heavy atom. The third-order valence-electron chi connectivity index (χ3n) is 4.99. The number of H-pyrrole nitrogens is 1. The molecule has 1 amide bonds. The van der Waals surface area contributed by atoms with Crippen LogP contribution in [0.2, 0.25) is 0 Å². The lowest BCUT2D eigenvalue weighted by Gasteiger charge is -2.31. The first-order chi connectivity index (χ1) is 13.3. The van der Waals surface area contributed by atoms with E-state index in [9.17, 15) is 4.79 Å². The molecule has 0 atom stereocenters. The van der Waals surface area contributed by atoms with Gasteiger partial charge in [-0.2, -0.15) is 0 Å². The summed E-state index contributed by atoms with van der Waals surface area (Å²) >= 11 is 0. The minimum absolute atomic E-state index is 0.227. The maximum Gasteiger partial charge on any atom is 0.410 e. The molecule has 0 bridgehead atoms. The Balaban J connectivity index is 1.23. The van der Waals surface area contributed by atoms with Crippen molar-refractivity contribution < 1.29 is 9.53 Å². The molecule has 1 aromatic carbocycles. The van der Waals surface area contributed by atoms with Gasteiger partial charge < -0.3 is 19.9 Å². The van der Waals surface area contributed by atoms with Crippen molar-refractivity contribution in [3.63, 3.8) is 0 Å². The fourth-order valence-electron chi connectivity index (χ4n) is 3.38. The van der Waals surface area contributed by atoms with Crippen LogP contribution in [-0.2, 0) is 11.3 Å². The Morgan fingerprint density at radius 1 is 1.19 bits per heavy atom. The molecule has 0 radical (unpaired) electrons. The quantitative estimate of drug-likeness (QED) is 0.724. The second kappa shape index (κ2) is 8.07. The number of carbonyl (C=O) groups is 1. The highest BCUT2D eigenvalue weighted by Gasteiger charge is 2.24. The van der Waals surface area contributed by atoms with Gasteiger partial charge in [0.25, 0.3) is 0 Å². The monoisotopic (exact) mass is 365 g/mol. The molecule has 3 aromatic rings. The van der Waals surface area contributed by atoms with E-state index in [1.54, 1.807) is 11.2 Å². The number of hydrogen-bond acceptors (Lipinski definition) is 5. The van der Waals surface area contributed by atoms with Crippen molar-refractivity contribution in [1.29, 1.82) is 0 Å². The van der Waals surface area contributed by atoms with Gasteiger partial charge >= 0.3 is 6.09 Å². The van der Waals surface area contributed by atoms with Crippen molar-refractivity contribution in [2.24, 2.45) is 5.92 Å². The SMILES string of the molecule is O=C(OCc1ccccc1)N1CCC(CNc2ncnc3[nH]ccc23)CC1. The number of rotatable bonds is 5. The number of likely N-dealkylation sites (tertiary alicyclic amines) is 1. The third kappa shape index (κ3) is 4.19. The molecular formula is C20H23N5O2. The first-order valence-corrected chi connectivity index (χ1v) is 9.27. The Morgan fingerprint density at radius 3 is 2.81 bits per heavy atom. The highest BCUT2D eigenvalue weighted by molar-refractivity contribution is 5.86. The zero-order valence-electron chi connectivity index (χ0n) is 15.1.